The van der Waals surface area contributed by atoms with E-state index in [1.807, 2.05) is 6.92 Å². The summed E-state index contributed by atoms with van der Waals surface area (Å²) < 4.78 is 0. The molecule has 1 aromatic carbocycles. The Labute approximate surface area is 127 Å². The number of aromatic nitrogens is 1. The van der Waals surface area contributed by atoms with E-state index in [4.69, 9.17) is 0 Å². The highest BCUT2D eigenvalue weighted by atomic mass is 16.4. The topological polar surface area (TPSA) is 99.3 Å². The van der Waals surface area contributed by atoms with Crippen molar-refractivity contribution < 1.29 is 14.7 Å². The Morgan fingerprint density at radius 3 is 2.73 bits per heavy atom. The molecule has 0 saturated heterocycles. The largest absolute Gasteiger partial charge is 0.480 e. The Kier molecular flexibility index (Phi) is 4.93. The Hall–Kier alpha value is -2.63. The van der Waals surface area contributed by atoms with Crippen molar-refractivity contribution in [3.63, 3.8) is 0 Å². The van der Waals surface area contributed by atoms with Crippen LogP contribution in [0.4, 0.5) is 0 Å². The van der Waals surface area contributed by atoms with Gasteiger partial charge in [-0.15, -0.1) is 0 Å². The number of H-pyrrole nitrogens is 1. The summed E-state index contributed by atoms with van der Waals surface area (Å²) in [5.74, 6) is -1.56. The van der Waals surface area contributed by atoms with Crippen LogP contribution in [0.2, 0.25) is 0 Å². The maximum atomic E-state index is 12.4. The second-order valence-electron chi connectivity index (χ2n) is 5.10. The fourth-order valence-corrected chi connectivity index (χ4v) is 2.27. The third-order valence-corrected chi connectivity index (χ3v) is 3.45. The predicted molar refractivity (Wildman–Crippen MR) is 83.0 cm³/mol. The van der Waals surface area contributed by atoms with Crippen LogP contribution in [-0.4, -0.2) is 28.0 Å². The minimum Gasteiger partial charge on any atom is -0.480 e. The van der Waals surface area contributed by atoms with Gasteiger partial charge in [-0.3, -0.25) is 9.59 Å². The first-order valence-corrected chi connectivity index (χ1v) is 7.18. The normalized spacial score (nSPS) is 12.0. The summed E-state index contributed by atoms with van der Waals surface area (Å²) in [5, 5.41) is 12.4. The average Bonchev–Trinajstić information content (AvgIpc) is 2.50. The molecule has 1 heterocycles. The van der Waals surface area contributed by atoms with Crippen molar-refractivity contribution in [3.05, 3.63) is 46.2 Å². The minimum absolute atomic E-state index is 0.262. The zero-order valence-electron chi connectivity index (χ0n) is 12.3. The maximum absolute atomic E-state index is 12.4. The number of rotatable bonds is 6. The maximum Gasteiger partial charge on any atom is 0.326 e. The second kappa shape index (κ2) is 6.89. The Bertz CT molecular complexity index is 751. The van der Waals surface area contributed by atoms with Gasteiger partial charge in [-0.05, 0) is 23.9 Å². The van der Waals surface area contributed by atoms with Gasteiger partial charge >= 0.3 is 5.97 Å². The van der Waals surface area contributed by atoms with E-state index in [1.165, 1.54) is 6.07 Å². The molecular weight excluding hydrogens is 284 g/mol. The van der Waals surface area contributed by atoms with Crippen LogP contribution in [0.5, 0.6) is 0 Å². The third kappa shape index (κ3) is 3.52. The van der Waals surface area contributed by atoms with Crippen molar-refractivity contribution in [1.29, 1.82) is 0 Å². The molecule has 0 aliphatic rings. The number of unbranched alkanes of at least 4 members (excludes halogenated alkanes) is 1. The number of carboxylic acids is 1. The molecule has 6 heteroatoms. The number of carbonyl (C=O) groups excluding carboxylic acids is 1. The smallest absolute Gasteiger partial charge is 0.326 e. The van der Waals surface area contributed by atoms with Crippen molar-refractivity contribution in [2.24, 2.45) is 0 Å². The van der Waals surface area contributed by atoms with Crippen LogP contribution < -0.4 is 10.9 Å². The molecule has 1 atom stereocenters. The van der Waals surface area contributed by atoms with Crippen LogP contribution in [0.3, 0.4) is 0 Å². The quantitative estimate of drug-likeness (QED) is 0.759. The van der Waals surface area contributed by atoms with Gasteiger partial charge in [-0.2, -0.15) is 0 Å². The van der Waals surface area contributed by atoms with Crippen molar-refractivity contribution >= 4 is 22.8 Å². The lowest BCUT2D eigenvalue weighted by Gasteiger charge is -2.14. The van der Waals surface area contributed by atoms with Crippen LogP contribution >= 0.6 is 0 Å². The van der Waals surface area contributed by atoms with Gasteiger partial charge in [-0.25, -0.2) is 4.79 Å². The monoisotopic (exact) mass is 302 g/mol. The number of aromatic amines is 1. The summed E-state index contributed by atoms with van der Waals surface area (Å²) in [6, 6.07) is 7.10. The van der Waals surface area contributed by atoms with E-state index in [0.29, 0.717) is 23.7 Å². The minimum atomic E-state index is -1.06. The highest BCUT2D eigenvalue weighted by Crippen LogP contribution is 2.15. The van der Waals surface area contributed by atoms with E-state index < -0.39 is 17.9 Å². The molecule has 0 bridgehead atoms. The van der Waals surface area contributed by atoms with Crippen LogP contribution in [0.15, 0.2) is 35.1 Å². The van der Waals surface area contributed by atoms with E-state index in [-0.39, 0.29) is 11.1 Å². The number of hydrogen-bond donors (Lipinski definition) is 3. The Morgan fingerprint density at radius 2 is 2.05 bits per heavy atom. The van der Waals surface area contributed by atoms with Gasteiger partial charge < -0.3 is 15.4 Å². The fraction of sp³-hybridized carbons (Fsp3) is 0.312. The molecule has 0 aliphatic heterocycles. The molecule has 0 spiro atoms. The second-order valence-corrected chi connectivity index (χ2v) is 5.10. The number of aliphatic carboxylic acids is 1. The first-order valence-electron chi connectivity index (χ1n) is 7.18. The number of carboxylic acid groups (broad SMARTS) is 1. The van der Waals surface area contributed by atoms with Crippen LogP contribution in [0, 0.1) is 0 Å². The molecule has 22 heavy (non-hydrogen) atoms. The lowest BCUT2D eigenvalue weighted by atomic mass is 10.1. The molecule has 2 rings (SSSR count). The van der Waals surface area contributed by atoms with E-state index in [0.717, 1.165) is 6.42 Å². The number of carbonyl (C=O) groups is 2. The summed E-state index contributed by atoms with van der Waals surface area (Å²) in [7, 11) is 0. The van der Waals surface area contributed by atoms with Crippen molar-refractivity contribution in [1.82, 2.24) is 10.3 Å². The Morgan fingerprint density at radius 1 is 1.27 bits per heavy atom. The molecule has 1 unspecified atom stereocenters. The number of nitrogens with one attached hydrogen (secondary N) is 2. The van der Waals surface area contributed by atoms with Gasteiger partial charge in [-0.1, -0.05) is 31.9 Å². The first kappa shape index (κ1) is 15.8. The number of amides is 1. The molecular formula is C16H18N2O4. The predicted octanol–water partition coefficient (Wildman–Crippen LogP) is 1.90. The Balaban J connectivity index is 2.31. The van der Waals surface area contributed by atoms with Crippen LogP contribution in [0.25, 0.3) is 10.9 Å². The lowest BCUT2D eigenvalue weighted by molar-refractivity contribution is -0.139. The lowest BCUT2D eigenvalue weighted by Crippen LogP contribution is -2.40. The third-order valence-electron chi connectivity index (χ3n) is 3.45. The molecule has 0 radical (unpaired) electrons. The van der Waals surface area contributed by atoms with Gasteiger partial charge in [0, 0.05) is 6.07 Å². The highest BCUT2D eigenvalue weighted by molar-refractivity contribution is 6.06. The standard InChI is InChI=1S/C16H18N2O4/c1-2-3-7-12(16(21)22)17-15(20)11-6-4-5-10-8-9-13(19)18-14(10)11/h4-6,8-9,12H,2-3,7H2,1H3,(H,17,20)(H,18,19)(H,21,22). The molecule has 1 amide bonds. The van der Waals surface area contributed by atoms with Gasteiger partial charge in [0.25, 0.3) is 5.91 Å². The van der Waals surface area contributed by atoms with E-state index in [2.05, 4.69) is 10.3 Å². The molecule has 116 valence electrons. The number of fused-ring (bicyclic) bond motifs is 1. The van der Waals surface area contributed by atoms with Crippen molar-refractivity contribution in [2.45, 2.75) is 32.2 Å². The number of pyridine rings is 1. The highest BCUT2D eigenvalue weighted by Gasteiger charge is 2.21. The first-order chi connectivity index (χ1) is 10.5. The van der Waals surface area contributed by atoms with Crippen LogP contribution in [0.1, 0.15) is 36.5 Å². The van der Waals surface area contributed by atoms with Gasteiger partial charge in [0.2, 0.25) is 5.56 Å². The summed E-state index contributed by atoms with van der Waals surface area (Å²) in [6.45, 7) is 1.95. The fourth-order valence-electron chi connectivity index (χ4n) is 2.27. The van der Waals surface area contributed by atoms with E-state index in [9.17, 15) is 19.5 Å². The number of benzene rings is 1. The summed E-state index contributed by atoms with van der Waals surface area (Å²) in [5.41, 5.74) is 0.360. The zero-order chi connectivity index (χ0) is 16.1. The molecule has 6 nitrogen and oxygen atoms in total. The van der Waals surface area contributed by atoms with Gasteiger partial charge in [0.1, 0.15) is 6.04 Å². The molecule has 2 aromatic rings. The van der Waals surface area contributed by atoms with Crippen molar-refractivity contribution in [2.75, 3.05) is 0 Å². The SMILES string of the molecule is CCCCC(NC(=O)c1cccc2ccc(=O)[nH]c12)C(=O)O. The number of para-hydroxylation sites is 1. The molecule has 0 aliphatic carbocycles. The van der Waals surface area contributed by atoms with Crippen LogP contribution in [-0.2, 0) is 4.79 Å². The average molecular weight is 302 g/mol. The zero-order valence-corrected chi connectivity index (χ0v) is 12.3. The molecule has 0 saturated carbocycles. The van der Waals surface area contributed by atoms with Crippen molar-refractivity contribution in [3.8, 4) is 0 Å². The van der Waals surface area contributed by atoms with Gasteiger partial charge in [0.05, 0.1) is 11.1 Å². The molecule has 1 aromatic heterocycles. The number of hydrogen-bond acceptors (Lipinski definition) is 3. The van der Waals surface area contributed by atoms with Gasteiger partial charge in [0.15, 0.2) is 0 Å². The summed E-state index contributed by atoms with van der Waals surface area (Å²) in [4.78, 5) is 37.6. The molecule has 3 N–H and O–H groups in total. The molecule has 0 fully saturated rings. The summed E-state index contributed by atoms with van der Waals surface area (Å²) >= 11 is 0. The van der Waals surface area contributed by atoms with E-state index in [1.54, 1.807) is 24.3 Å². The van der Waals surface area contributed by atoms with E-state index >= 15 is 0 Å². The summed E-state index contributed by atoms with van der Waals surface area (Å²) in [6.07, 6.45) is 1.93.